The number of hydrogen-bond acceptors (Lipinski definition) is 6. The van der Waals surface area contributed by atoms with E-state index < -0.39 is 33.8 Å². The van der Waals surface area contributed by atoms with E-state index in [-0.39, 0.29) is 49.8 Å². The number of nitrogens with zero attached hydrogens (tertiary/aromatic N) is 1. The van der Waals surface area contributed by atoms with Crippen LogP contribution in [0.15, 0.2) is 53.4 Å². The van der Waals surface area contributed by atoms with Crippen molar-refractivity contribution in [2.75, 3.05) is 26.8 Å². The van der Waals surface area contributed by atoms with Crippen molar-refractivity contribution in [3.8, 4) is 5.75 Å². The van der Waals surface area contributed by atoms with E-state index in [0.717, 1.165) is 6.07 Å². The first-order valence-corrected chi connectivity index (χ1v) is 12.5. The van der Waals surface area contributed by atoms with E-state index >= 15 is 0 Å². The predicted octanol–water partition coefficient (Wildman–Crippen LogP) is 3.05. The van der Waals surface area contributed by atoms with E-state index in [9.17, 15) is 22.4 Å². The molecule has 1 saturated heterocycles. The number of benzene rings is 2. The molecule has 1 heterocycles. The Morgan fingerprint density at radius 3 is 2.50 bits per heavy atom. The Labute approximate surface area is 199 Å². The summed E-state index contributed by atoms with van der Waals surface area (Å²) >= 11 is 0. The summed E-state index contributed by atoms with van der Waals surface area (Å²) in [4.78, 5) is 24.8. The number of piperidine rings is 1. The molecule has 1 aliphatic rings. The molecule has 1 aliphatic heterocycles. The van der Waals surface area contributed by atoms with Gasteiger partial charge in [0, 0.05) is 19.0 Å². The minimum absolute atomic E-state index is 0.0484. The molecule has 1 atom stereocenters. The number of ether oxygens (including phenoxy) is 2. The molecule has 0 aromatic heterocycles. The topological polar surface area (TPSA) is 102 Å². The van der Waals surface area contributed by atoms with E-state index in [1.807, 2.05) is 0 Å². The van der Waals surface area contributed by atoms with E-state index in [0.29, 0.717) is 11.3 Å². The van der Waals surface area contributed by atoms with Crippen LogP contribution in [0.5, 0.6) is 5.75 Å². The Morgan fingerprint density at radius 1 is 1.15 bits per heavy atom. The second-order valence-electron chi connectivity index (χ2n) is 7.96. The molecular formula is C24H29FN2O6S. The van der Waals surface area contributed by atoms with Gasteiger partial charge in [0.25, 0.3) is 0 Å². The van der Waals surface area contributed by atoms with Gasteiger partial charge in [0.05, 0.1) is 26.2 Å². The summed E-state index contributed by atoms with van der Waals surface area (Å²) in [6, 6.07) is 11.7. The molecule has 10 heteroatoms. The van der Waals surface area contributed by atoms with Crippen molar-refractivity contribution >= 4 is 21.9 Å². The molecular weight excluding hydrogens is 463 g/mol. The molecule has 0 spiro atoms. The number of nitrogens with one attached hydrogen (secondary N) is 1. The second-order valence-corrected chi connectivity index (χ2v) is 9.86. The highest BCUT2D eigenvalue weighted by Gasteiger charge is 2.34. The molecule has 1 fully saturated rings. The minimum atomic E-state index is -3.99. The summed E-state index contributed by atoms with van der Waals surface area (Å²) in [6.45, 7) is 2.12. The Hall–Kier alpha value is -2.98. The number of hydrogen-bond donors (Lipinski definition) is 1. The molecule has 0 bridgehead atoms. The maximum absolute atomic E-state index is 14.0. The van der Waals surface area contributed by atoms with Crippen LogP contribution in [0.3, 0.4) is 0 Å². The number of methoxy groups -OCH3 is 1. The third-order valence-electron chi connectivity index (χ3n) is 5.77. The average molecular weight is 493 g/mol. The van der Waals surface area contributed by atoms with Crippen molar-refractivity contribution in [1.29, 1.82) is 0 Å². The van der Waals surface area contributed by atoms with Crippen LogP contribution in [-0.4, -0.2) is 51.4 Å². The van der Waals surface area contributed by atoms with Gasteiger partial charge in [-0.2, -0.15) is 4.31 Å². The number of halogens is 1. The summed E-state index contributed by atoms with van der Waals surface area (Å²) in [5.74, 6) is -1.38. The van der Waals surface area contributed by atoms with E-state index in [4.69, 9.17) is 9.47 Å². The Balaban J connectivity index is 1.68. The number of amides is 1. The van der Waals surface area contributed by atoms with Crippen LogP contribution in [0.2, 0.25) is 0 Å². The van der Waals surface area contributed by atoms with Crippen LogP contribution in [0.25, 0.3) is 0 Å². The number of rotatable bonds is 9. The van der Waals surface area contributed by atoms with Gasteiger partial charge < -0.3 is 14.8 Å². The average Bonchev–Trinajstić information content (AvgIpc) is 2.84. The summed E-state index contributed by atoms with van der Waals surface area (Å²) in [7, 11) is -2.46. The fourth-order valence-electron chi connectivity index (χ4n) is 3.94. The lowest BCUT2D eigenvalue weighted by Crippen LogP contribution is -2.44. The third kappa shape index (κ3) is 6.12. The van der Waals surface area contributed by atoms with Crippen LogP contribution in [0.4, 0.5) is 4.39 Å². The number of carbonyl (C=O) groups excluding carboxylic acids is 2. The quantitative estimate of drug-likeness (QED) is 0.540. The van der Waals surface area contributed by atoms with Crippen molar-refractivity contribution in [3.05, 3.63) is 59.9 Å². The van der Waals surface area contributed by atoms with Gasteiger partial charge in [0.15, 0.2) is 0 Å². The predicted molar refractivity (Wildman–Crippen MR) is 123 cm³/mol. The molecule has 1 amide bonds. The Morgan fingerprint density at radius 2 is 1.85 bits per heavy atom. The van der Waals surface area contributed by atoms with Crippen LogP contribution >= 0.6 is 0 Å². The Kier molecular flexibility index (Phi) is 8.62. The third-order valence-corrected chi connectivity index (χ3v) is 7.70. The van der Waals surface area contributed by atoms with E-state index in [2.05, 4.69) is 5.32 Å². The largest absolute Gasteiger partial charge is 0.497 e. The van der Waals surface area contributed by atoms with Crippen molar-refractivity contribution in [2.24, 2.45) is 5.92 Å². The molecule has 2 aromatic carbocycles. The molecule has 8 nitrogen and oxygen atoms in total. The first-order chi connectivity index (χ1) is 16.3. The van der Waals surface area contributed by atoms with E-state index in [1.54, 1.807) is 31.2 Å². The lowest BCUT2D eigenvalue weighted by atomic mass is 9.95. The Bertz CT molecular complexity index is 1120. The smallest absolute Gasteiger partial charge is 0.308 e. The van der Waals surface area contributed by atoms with Gasteiger partial charge in [-0.3, -0.25) is 9.59 Å². The van der Waals surface area contributed by atoms with Crippen molar-refractivity contribution in [3.63, 3.8) is 0 Å². The van der Waals surface area contributed by atoms with Crippen molar-refractivity contribution in [2.45, 2.75) is 37.1 Å². The maximum Gasteiger partial charge on any atom is 0.308 e. The number of sulfonamides is 1. The molecule has 184 valence electrons. The fraction of sp³-hybridized carbons (Fsp3) is 0.417. The second kappa shape index (κ2) is 11.4. The van der Waals surface area contributed by atoms with Gasteiger partial charge in [-0.05, 0) is 49.6 Å². The SMILES string of the molecule is CCOC(=O)CC(NC(=O)C1CCN(S(=O)(=O)c2ccccc2F)CC1)c1cccc(OC)c1. The summed E-state index contributed by atoms with van der Waals surface area (Å²) in [6.07, 6.45) is 0.515. The molecule has 0 radical (unpaired) electrons. The highest BCUT2D eigenvalue weighted by Crippen LogP contribution is 2.27. The monoisotopic (exact) mass is 492 g/mol. The molecule has 1 unspecified atom stereocenters. The highest BCUT2D eigenvalue weighted by atomic mass is 32.2. The van der Waals surface area contributed by atoms with Crippen LogP contribution in [-0.2, 0) is 24.3 Å². The van der Waals surface area contributed by atoms with Gasteiger partial charge in [0.1, 0.15) is 16.5 Å². The normalized spacial score (nSPS) is 16.0. The fourth-order valence-corrected chi connectivity index (χ4v) is 5.47. The van der Waals surface area contributed by atoms with Gasteiger partial charge in [-0.1, -0.05) is 24.3 Å². The molecule has 0 saturated carbocycles. The molecule has 1 N–H and O–H groups in total. The highest BCUT2D eigenvalue weighted by molar-refractivity contribution is 7.89. The van der Waals surface area contributed by atoms with Gasteiger partial charge in [-0.15, -0.1) is 0 Å². The first kappa shape index (κ1) is 25.6. The molecule has 0 aliphatic carbocycles. The zero-order chi connectivity index (χ0) is 24.7. The summed E-state index contributed by atoms with van der Waals surface area (Å²) in [5.41, 5.74) is 0.695. The van der Waals surface area contributed by atoms with Gasteiger partial charge >= 0.3 is 5.97 Å². The maximum atomic E-state index is 14.0. The van der Waals surface area contributed by atoms with Gasteiger partial charge in [-0.25, -0.2) is 12.8 Å². The summed E-state index contributed by atoms with van der Waals surface area (Å²) in [5, 5.41) is 2.91. The number of carbonyl (C=O) groups is 2. The summed E-state index contributed by atoms with van der Waals surface area (Å²) < 4.78 is 51.2. The molecule has 34 heavy (non-hydrogen) atoms. The van der Waals surface area contributed by atoms with E-state index in [1.165, 1.54) is 29.6 Å². The standard InChI is InChI=1S/C24H29FN2O6S/c1-3-33-23(28)16-21(18-7-6-8-19(15-18)32-2)26-24(29)17-11-13-27(14-12-17)34(30,31)22-10-5-4-9-20(22)25/h4-10,15,17,21H,3,11-14,16H2,1-2H3,(H,26,29). The van der Waals surface area contributed by atoms with Crippen LogP contribution in [0.1, 0.15) is 37.8 Å². The molecule has 2 aromatic rings. The lowest BCUT2D eigenvalue weighted by Gasteiger charge is -2.31. The van der Waals surface area contributed by atoms with Crippen molar-refractivity contribution in [1.82, 2.24) is 9.62 Å². The first-order valence-electron chi connectivity index (χ1n) is 11.1. The van der Waals surface area contributed by atoms with Crippen LogP contribution < -0.4 is 10.1 Å². The van der Waals surface area contributed by atoms with Crippen LogP contribution in [0, 0.1) is 11.7 Å². The lowest BCUT2D eigenvalue weighted by molar-refractivity contribution is -0.144. The number of esters is 1. The minimum Gasteiger partial charge on any atom is -0.497 e. The zero-order valence-corrected chi connectivity index (χ0v) is 20.0. The molecule has 3 rings (SSSR count). The van der Waals surface area contributed by atoms with Gasteiger partial charge in [0.2, 0.25) is 15.9 Å². The zero-order valence-electron chi connectivity index (χ0n) is 19.2. The van der Waals surface area contributed by atoms with Crippen molar-refractivity contribution < 1.29 is 31.9 Å².